The smallest absolute Gasteiger partial charge is 0.115 e. The van der Waals surface area contributed by atoms with Crippen LogP contribution < -0.4 is 5.73 Å². The fourth-order valence-corrected chi connectivity index (χ4v) is 3.41. The molecule has 1 aromatic carbocycles. The first-order chi connectivity index (χ1) is 9.74. The van der Waals surface area contributed by atoms with E-state index in [1.54, 1.807) is 0 Å². The van der Waals surface area contributed by atoms with Gasteiger partial charge in [-0.2, -0.15) is 0 Å². The largest absolute Gasteiger partial charge is 0.326 e. The maximum Gasteiger partial charge on any atom is 0.115 e. The first-order valence-corrected chi connectivity index (χ1v) is 8.34. The number of hydrogen-bond donors (Lipinski definition) is 1. The average Bonchev–Trinajstić information content (AvgIpc) is 2.51. The number of rotatable bonds is 10. The average molecular weight is 277 g/mol. The molecule has 0 fully saturated rings. The predicted octanol–water partition coefficient (Wildman–Crippen LogP) is 4.12. The van der Waals surface area contributed by atoms with Crippen molar-refractivity contribution in [3.8, 4) is 0 Å². The molecule has 0 saturated carbocycles. The van der Waals surface area contributed by atoms with Crippen molar-refractivity contribution in [1.29, 1.82) is 0 Å². The Kier molecular flexibility index (Phi) is 7.86. The third-order valence-corrected chi connectivity index (χ3v) is 4.76. The summed E-state index contributed by atoms with van der Waals surface area (Å²) in [6.07, 6.45) is 5.22. The maximum absolute atomic E-state index is 5.92. The van der Waals surface area contributed by atoms with Gasteiger partial charge in [0.05, 0.1) is 19.6 Å². The summed E-state index contributed by atoms with van der Waals surface area (Å²) in [5.74, 6) is 0. The van der Waals surface area contributed by atoms with E-state index in [-0.39, 0.29) is 0 Å². The van der Waals surface area contributed by atoms with Gasteiger partial charge in [0.15, 0.2) is 0 Å². The lowest BCUT2D eigenvalue weighted by Gasteiger charge is -2.44. The molecule has 2 N–H and O–H groups in total. The van der Waals surface area contributed by atoms with Crippen molar-refractivity contribution in [3.63, 3.8) is 0 Å². The molecule has 2 nitrogen and oxygen atoms in total. The number of quaternary nitrogens is 1. The van der Waals surface area contributed by atoms with Gasteiger partial charge in [0.1, 0.15) is 6.04 Å². The molecular formula is C18H33N2+. The van der Waals surface area contributed by atoms with Crippen molar-refractivity contribution < 1.29 is 4.48 Å². The normalized spacial score (nSPS) is 13.4. The second-order valence-corrected chi connectivity index (χ2v) is 5.79. The van der Waals surface area contributed by atoms with Crippen LogP contribution in [0.2, 0.25) is 0 Å². The van der Waals surface area contributed by atoms with E-state index < -0.39 is 0 Å². The molecule has 1 unspecified atom stereocenters. The topological polar surface area (TPSA) is 26.0 Å². The molecule has 0 heterocycles. The summed E-state index contributed by atoms with van der Waals surface area (Å²) in [5, 5.41) is 0. The lowest BCUT2D eigenvalue weighted by molar-refractivity contribution is -0.953. The van der Waals surface area contributed by atoms with E-state index in [2.05, 4.69) is 51.1 Å². The zero-order chi connectivity index (χ0) is 14.8. The highest BCUT2D eigenvalue weighted by atomic mass is 15.4. The Morgan fingerprint density at radius 2 is 1.65 bits per heavy atom. The summed E-state index contributed by atoms with van der Waals surface area (Å²) in [4.78, 5) is 0. The van der Waals surface area contributed by atoms with Gasteiger partial charge in [0.25, 0.3) is 0 Å². The lowest BCUT2D eigenvalue weighted by atomic mass is 9.96. The summed E-state index contributed by atoms with van der Waals surface area (Å²) < 4.78 is 1.13. The van der Waals surface area contributed by atoms with E-state index in [4.69, 9.17) is 5.73 Å². The molecule has 0 amide bonds. The molecular weight excluding hydrogens is 244 g/mol. The maximum atomic E-state index is 5.92. The van der Waals surface area contributed by atoms with Crippen LogP contribution in [0, 0.1) is 0 Å². The van der Waals surface area contributed by atoms with E-state index in [0.29, 0.717) is 6.04 Å². The third kappa shape index (κ3) is 4.32. The summed E-state index contributed by atoms with van der Waals surface area (Å²) in [5.41, 5.74) is 7.41. The minimum Gasteiger partial charge on any atom is -0.326 e. The Balaban J connectivity index is 3.00. The van der Waals surface area contributed by atoms with Gasteiger partial charge in [-0.15, -0.1) is 0 Å². The van der Waals surface area contributed by atoms with E-state index in [9.17, 15) is 0 Å². The number of benzene rings is 1. The fraction of sp³-hybridized carbons (Fsp3) is 0.667. The minimum atomic E-state index is 0.598. The number of nitrogens with zero attached hydrogens (tertiary/aromatic N) is 1. The van der Waals surface area contributed by atoms with Gasteiger partial charge in [-0.05, 0) is 20.3 Å². The summed E-state index contributed by atoms with van der Waals surface area (Å²) >= 11 is 0. The first-order valence-electron chi connectivity index (χ1n) is 8.34. The number of likely N-dealkylation sites (N-methyl/N-ethyl adjacent to an activating group) is 1. The van der Waals surface area contributed by atoms with Gasteiger partial charge in [-0.3, -0.25) is 0 Å². The minimum absolute atomic E-state index is 0.598. The van der Waals surface area contributed by atoms with Gasteiger partial charge in [0, 0.05) is 18.5 Å². The number of nitrogens with two attached hydrogens (primary N) is 1. The molecule has 0 aromatic heterocycles. The molecule has 0 spiro atoms. The van der Waals surface area contributed by atoms with Gasteiger partial charge >= 0.3 is 0 Å². The number of hydrogen-bond acceptors (Lipinski definition) is 1. The molecule has 20 heavy (non-hydrogen) atoms. The molecule has 0 bridgehead atoms. The summed E-state index contributed by atoms with van der Waals surface area (Å²) in [6, 6.07) is 11.6. The van der Waals surface area contributed by atoms with Crippen molar-refractivity contribution in [2.45, 2.75) is 52.5 Å². The van der Waals surface area contributed by atoms with Gasteiger partial charge < -0.3 is 10.2 Å². The van der Waals surface area contributed by atoms with Crippen molar-refractivity contribution >= 4 is 0 Å². The SMILES string of the molecule is CCCCCC(c1ccccc1)[N+](CC)(CC)CCN. The van der Waals surface area contributed by atoms with Crippen molar-refractivity contribution in [2.24, 2.45) is 5.73 Å². The Morgan fingerprint density at radius 3 is 2.15 bits per heavy atom. The van der Waals surface area contributed by atoms with Crippen LogP contribution in [0.3, 0.4) is 0 Å². The second-order valence-electron chi connectivity index (χ2n) is 5.79. The predicted molar refractivity (Wildman–Crippen MR) is 88.6 cm³/mol. The monoisotopic (exact) mass is 277 g/mol. The molecule has 0 aliphatic carbocycles. The highest BCUT2D eigenvalue weighted by Crippen LogP contribution is 2.33. The molecule has 1 aromatic rings. The van der Waals surface area contributed by atoms with Gasteiger partial charge in [-0.1, -0.05) is 50.1 Å². The highest BCUT2D eigenvalue weighted by molar-refractivity contribution is 5.17. The van der Waals surface area contributed by atoms with Crippen LogP contribution in [0.1, 0.15) is 58.1 Å². The molecule has 0 radical (unpaired) electrons. The van der Waals surface area contributed by atoms with E-state index >= 15 is 0 Å². The molecule has 1 atom stereocenters. The highest BCUT2D eigenvalue weighted by Gasteiger charge is 2.33. The Morgan fingerprint density at radius 1 is 1.00 bits per heavy atom. The molecule has 0 aliphatic heterocycles. The molecule has 0 aliphatic rings. The van der Waals surface area contributed by atoms with E-state index in [0.717, 1.165) is 17.6 Å². The summed E-state index contributed by atoms with van der Waals surface area (Å²) in [7, 11) is 0. The van der Waals surface area contributed by atoms with Crippen LogP contribution >= 0.6 is 0 Å². The van der Waals surface area contributed by atoms with Gasteiger partial charge in [0.2, 0.25) is 0 Å². The standard InChI is InChI=1S/C18H33N2/c1-4-7-9-14-18(17-12-10-8-11-13-17)20(5-2,6-3)16-15-19/h8,10-13,18H,4-7,9,14-16,19H2,1-3H3/q+1. The molecule has 114 valence electrons. The fourth-order valence-electron chi connectivity index (χ4n) is 3.41. The van der Waals surface area contributed by atoms with Crippen molar-refractivity contribution in [2.75, 3.05) is 26.2 Å². The Labute approximate surface area is 125 Å². The summed E-state index contributed by atoms with van der Waals surface area (Å²) in [6.45, 7) is 11.1. The Hall–Kier alpha value is -0.860. The van der Waals surface area contributed by atoms with Crippen molar-refractivity contribution in [1.82, 2.24) is 0 Å². The molecule has 0 saturated heterocycles. The van der Waals surface area contributed by atoms with Crippen LogP contribution in [-0.2, 0) is 0 Å². The second kappa shape index (κ2) is 9.15. The van der Waals surface area contributed by atoms with Crippen LogP contribution in [-0.4, -0.2) is 30.7 Å². The third-order valence-electron chi connectivity index (χ3n) is 4.76. The zero-order valence-corrected chi connectivity index (χ0v) is 13.6. The van der Waals surface area contributed by atoms with Crippen molar-refractivity contribution in [3.05, 3.63) is 35.9 Å². The quantitative estimate of drug-likeness (QED) is 0.505. The van der Waals surface area contributed by atoms with Crippen LogP contribution in [0.5, 0.6) is 0 Å². The van der Waals surface area contributed by atoms with E-state index in [1.807, 2.05) is 0 Å². The van der Waals surface area contributed by atoms with Crippen LogP contribution in [0.4, 0.5) is 0 Å². The van der Waals surface area contributed by atoms with E-state index in [1.165, 1.54) is 44.3 Å². The Bertz CT molecular complexity index is 344. The first kappa shape index (κ1) is 17.2. The van der Waals surface area contributed by atoms with Crippen LogP contribution in [0.15, 0.2) is 30.3 Å². The molecule has 2 heteroatoms. The molecule has 1 rings (SSSR count). The number of unbranched alkanes of at least 4 members (excludes halogenated alkanes) is 2. The zero-order valence-electron chi connectivity index (χ0n) is 13.6. The lowest BCUT2D eigenvalue weighted by Crippen LogP contribution is -2.53. The van der Waals surface area contributed by atoms with Gasteiger partial charge in [-0.25, -0.2) is 0 Å². The van der Waals surface area contributed by atoms with Crippen LogP contribution in [0.25, 0.3) is 0 Å².